The van der Waals surface area contributed by atoms with Crippen LogP contribution in [-0.4, -0.2) is 45.7 Å². The lowest BCUT2D eigenvalue weighted by Gasteiger charge is -2.26. The molecule has 1 aliphatic rings. The van der Waals surface area contributed by atoms with E-state index in [0.717, 1.165) is 44.1 Å². The van der Waals surface area contributed by atoms with Gasteiger partial charge in [-0.05, 0) is 6.92 Å². The van der Waals surface area contributed by atoms with E-state index < -0.39 is 0 Å². The summed E-state index contributed by atoms with van der Waals surface area (Å²) in [5.41, 5.74) is 3.16. The van der Waals surface area contributed by atoms with Crippen LogP contribution in [0.3, 0.4) is 0 Å². The summed E-state index contributed by atoms with van der Waals surface area (Å²) in [6.07, 6.45) is 4.04. The molecular weight excluding hydrogens is 214 g/mol. The van der Waals surface area contributed by atoms with Crippen LogP contribution in [-0.2, 0) is 6.54 Å². The summed E-state index contributed by atoms with van der Waals surface area (Å²) >= 11 is 0. The maximum atomic E-state index is 4.43. The van der Waals surface area contributed by atoms with Crippen LogP contribution in [0.1, 0.15) is 11.3 Å². The maximum absolute atomic E-state index is 4.43. The molecule has 90 valence electrons. The number of rotatable bonds is 2. The number of hydrogen-bond donors (Lipinski definition) is 1. The Balaban J connectivity index is 1.79. The fourth-order valence-electron chi connectivity index (χ4n) is 2.24. The molecule has 0 radical (unpaired) electrons. The molecule has 5 nitrogen and oxygen atoms in total. The molecule has 2 aromatic heterocycles. The average molecular weight is 231 g/mol. The van der Waals surface area contributed by atoms with Gasteiger partial charge in [-0.1, -0.05) is 0 Å². The third-order valence-electron chi connectivity index (χ3n) is 3.10. The monoisotopic (exact) mass is 231 g/mol. The normalized spacial score (nSPS) is 17.7. The van der Waals surface area contributed by atoms with Gasteiger partial charge in [-0.15, -0.1) is 0 Å². The van der Waals surface area contributed by atoms with Gasteiger partial charge < -0.3 is 5.32 Å². The predicted octanol–water partition coefficient (Wildman–Crippen LogP) is 0.443. The van der Waals surface area contributed by atoms with Gasteiger partial charge in [0, 0.05) is 56.7 Å². The molecule has 0 spiro atoms. The highest BCUT2D eigenvalue weighted by Crippen LogP contribution is 2.07. The van der Waals surface area contributed by atoms with Crippen molar-refractivity contribution in [3.8, 4) is 0 Å². The fourth-order valence-corrected chi connectivity index (χ4v) is 2.24. The highest BCUT2D eigenvalue weighted by molar-refractivity contribution is 5.38. The molecule has 3 rings (SSSR count). The van der Waals surface area contributed by atoms with Crippen LogP contribution in [0.4, 0.5) is 0 Å². The average Bonchev–Trinajstić information content (AvgIpc) is 2.70. The largest absolute Gasteiger partial charge is 0.314 e. The van der Waals surface area contributed by atoms with Gasteiger partial charge in [-0.25, -0.2) is 9.50 Å². The zero-order valence-corrected chi connectivity index (χ0v) is 10.1. The second-order valence-corrected chi connectivity index (χ2v) is 4.58. The zero-order valence-electron chi connectivity index (χ0n) is 10.1. The second-order valence-electron chi connectivity index (χ2n) is 4.58. The van der Waals surface area contributed by atoms with Gasteiger partial charge in [0.25, 0.3) is 0 Å². The number of fused-ring (bicyclic) bond motifs is 1. The summed E-state index contributed by atoms with van der Waals surface area (Å²) in [4.78, 5) is 6.87. The van der Waals surface area contributed by atoms with Crippen LogP contribution in [0, 0.1) is 6.92 Å². The minimum atomic E-state index is 0.923. The van der Waals surface area contributed by atoms with Gasteiger partial charge in [0.05, 0.1) is 5.69 Å². The van der Waals surface area contributed by atoms with Crippen molar-refractivity contribution in [1.29, 1.82) is 0 Å². The molecule has 1 N–H and O–H groups in total. The molecule has 0 unspecified atom stereocenters. The summed E-state index contributed by atoms with van der Waals surface area (Å²) in [6.45, 7) is 7.33. The van der Waals surface area contributed by atoms with E-state index in [0.29, 0.717) is 0 Å². The third-order valence-corrected chi connectivity index (χ3v) is 3.10. The van der Waals surface area contributed by atoms with E-state index in [1.54, 1.807) is 0 Å². The Hall–Kier alpha value is -1.46. The minimum Gasteiger partial charge on any atom is -0.314 e. The lowest BCUT2D eigenvalue weighted by Crippen LogP contribution is -2.42. The molecule has 0 aromatic carbocycles. The molecule has 1 saturated heterocycles. The van der Waals surface area contributed by atoms with E-state index in [4.69, 9.17) is 0 Å². The van der Waals surface area contributed by atoms with Gasteiger partial charge in [0.2, 0.25) is 0 Å². The number of nitrogens with one attached hydrogen (secondary N) is 1. The Morgan fingerprint density at radius 1 is 1.35 bits per heavy atom. The molecule has 0 saturated carbocycles. The molecule has 0 bridgehead atoms. The zero-order chi connectivity index (χ0) is 11.7. The van der Waals surface area contributed by atoms with E-state index in [-0.39, 0.29) is 0 Å². The topological polar surface area (TPSA) is 45.5 Å². The first-order valence-corrected chi connectivity index (χ1v) is 6.05. The summed E-state index contributed by atoms with van der Waals surface area (Å²) in [5.74, 6) is 0. The van der Waals surface area contributed by atoms with Crippen molar-refractivity contribution in [3.05, 3.63) is 29.7 Å². The first-order chi connectivity index (χ1) is 8.31. The van der Waals surface area contributed by atoms with Crippen LogP contribution in [0.15, 0.2) is 18.5 Å². The number of aromatic nitrogens is 3. The van der Waals surface area contributed by atoms with Crippen LogP contribution in [0.2, 0.25) is 0 Å². The lowest BCUT2D eigenvalue weighted by molar-refractivity contribution is 0.232. The Morgan fingerprint density at radius 3 is 3.00 bits per heavy atom. The number of nitrogens with zero attached hydrogens (tertiary/aromatic N) is 4. The Labute approximate surface area is 100 Å². The maximum Gasteiger partial charge on any atom is 0.155 e. The molecule has 17 heavy (non-hydrogen) atoms. The number of piperazine rings is 1. The first kappa shape index (κ1) is 10.7. The quantitative estimate of drug-likeness (QED) is 0.815. The standard InChI is InChI=1S/C12H17N5/c1-10-6-12-14-7-11(9-17(12)15-10)8-16-4-2-13-3-5-16/h6-7,9,13H,2-5,8H2,1H3. The molecule has 1 fully saturated rings. The fraction of sp³-hybridized carbons (Fsp3) is 0.500. The van der Waals surface area contributed by atoms with Crippen molar-refractivity contribution in [1.82, 2.24) is 24.8 Å². The minimum absolute atomic E-state index is 0.923. The van der Waals surface area contributed by atoms with Gasteiger partial charge in [0.1, 0.15) is 0 Å². The van der Waals surface area contributed by atoms with Crippen molar-refractivity contribution >= 4 is 5.65 Å². The van der Waals surface area contributed by atoms with E-state index in [2.05, 4.69) is 26.5 Å². The van der Waals surface area contributed by atoms with Crippen LogP contribution >= 0.6 is 0 Å². The van der Waals surface area contributed by atoms with E-state index in [9.17, 15) is 0 Å². The van der Waals surface area contributed by atoms with Crippen LogP contribution in [0.5, 0.6) is 0 Å². The summed E-state index contributed by atoms with van der Waals surface area (Å²) in [7, 11) is 0. The summed E-state index contributed by atoms with van der Waals surface area (Å²) in [5, 5.41) is 7.75. The highest BCUT2D eigenvalue weighted by Gasteiger charge is 2.10. The van der Waals surface area contributed by atoms with E-state index in [1.165, 1.54) is 5.56 Å². The van der Waals surface area contributed by atoms with Crippen molar-refractivity contribution in [3.63, 3.8) is 0 Å². The highest BCUT2D eigenvalue weighted by atomic mass is 15.2. The number of aryl methyl sites for hydroxylation is 1. The predicted molar refractivity (Wildman–Crippen MR) is 65.9 cm³/mol. The molecule has 5 heteroatoms. The number of hydrogen-bond acceptors (Lipinski definition) is 4. The van der Waals surface area contributed by atoms with Gasteiger partial charge in [-0.3, -0.25) is 4.90 Å². The van der Waals surface area contributed by atoms with Crippen molar-refractivity contribution in [2.24, 2.45) is 0 Å². The summed E-state index contributed by atoms with van der Waals surface area (Å²) < 4.78 is 1.87. The van der Waals surface area contributed by atoms with Crippen molar-refractivity contribution in [2.45, 2.75) is 13.5 Å². The van der Waals surface area contributed by atoms with Crippen LogP contribution in [0.25, 0.3) is 5.65 Å². The third kappa shape index (κ3) is 2.30. The molecule has 3 heterocycles. The van der Waals surface area contributed by atoms with Crippen molar-refractivity contribution < 1.29 is 0 Å². The SMILES string of the molecule is Cc1cc2ncc(CN3CCNCC3)cn2n1. The van der Waals surface area contributed by atoms with Gasteiger partial charge >= 0.3 is 0 Å². The molecule has 1 aliphatic heterocycles. The Morgan fingerprint density at radius 2 is 2.18 bits per heavy atom. The molecule has 0 amide bonds. The van der Waals surface area contributed by atoms with Crippen molar-refractivity contribution in [2.75, 3.05) is 26.2 Å². The Kier molecular flexibility index (Phi) is 2.78. The molecule has 0 atom stereocenters. The summed E-state index contributed by atoms with van der Waals surface area (Å²) in [6, 6.07) is 1.99. The lowest BCUT2D eigenvalue weighted by atomic mass is 10.3. The van der Waals surface area contributed by atoms with E-state index in [1.807, 2.05) is 23.7 Å². The van der Waals surface area contributed by atoms with E-state index >= 15 is 0 Å². The second kappa shape index (κ2) is 4.43. The smallest absolute Gasteiger partial charge is 0.155 e. The first-order valence-electron chi connectivity index (χ1n) is 6.05. The van der Waals surface area contributed by atoms with Gasteiger partial charge in [-0.2, -0.15) is 5.10 Å². The molecule has 2 aromatic rings. The van der Waals surface area contributed by atoms with Crippen LogP contribution < -0.4 is 5.32 Å². The molecular formula is C12H17N5. The molecule has 0 aliphatic carbocycles. The van der Waals surface area contributed by atoms with Gasteiger partial charge in [0.15, 0.2) is 5.65 Å². The Bertz CT molecular complexity index is 513.